The molecular weight excluding hydrogens is 324 g/mol. The van der Waals surface area contributed by atoms with Crippen LogP contribution in [0, 0.1) is 0 Å². The normalized spacial score (nSPS) is 9.95. The lowest BCUT2D eigenvalue weighted by molar-refractivity contribution is 0.0733. The number of halogens is 1. The van der Waals surface area contributed by atoms with Crippen molar-refractivity contribution in [2.45, 2.75) is 0 Å². The summed E-state index contributed by atoms with van der Waals surface area (Å²) in [7, 11) is 3.12. The smallest absolute Gasteiger partial charge is 0.344 e. The molecule has 0 unspecified atom stereocenters. The number of ether oxygens (including phenoxy) is 3. The van der Waals surface area contributed by atoms with Crippen molar-refractivity contribution < 1.29 is 19.0 Å². The second kappa shape index (κ2) is 6.43. The lowest BCUT2D eigenvalue weighted by atomic mass is 10.2. The van der Waals surface area contributed by atoms with Crippen LogP contribution in [0.5, 0.6) is 17.2 Å². The Balaban J connectivity index is 2.18. The highest BCUT2D eigenvalue weighted by atomic mass is 79.9. The monoisotopic (exact) mass is 336 g/mol. The first-order valence-electron chi connectivity index (χ1n) is 5.84. The maximum atomic E-state index is 12.1. The molecule has 20 heavy (non-hydrogen) atoms. The van der Waals surface area contributed by atoms with Crippen molar-refractivity contribution in [2.75, 3.05) is 14.2 Å². The fourth-order valence-electron chi connectivity index (χ4n) is 1.59. The average molecular weight is 337 g/mol. The Bertz CT molecular complexity index is 608. The number of rotatable bonds is 4. The van der Waals surface area contributed by atoms with Crippen LogP contribution < -0.4 is 14.2 Å². The standard InChI is InChI=1S/C15H13BrO4/c1-18-10-3-5-11(6-4-10)20-15(17)13-9-12(19-2)7-8-14(13)16/h3-9H,1-2H3. The molecule has 104 valence electrons. The highest BCUT2D eigenvalue weighted by molar-refractivity contribution is 9.10. The maximum Gasteiger partial charge on any atom is 0.344 e. The first kappa shape index (κ1) is 14.4. The second-order valence-corrected chi connectivity index (χ2v) is 4.77. The molecule has 0 aliphatic carbocycles. The van der Waals surface area contributed by atoms with Crippen LogP contribution in [0.15, 0.2) is 46.9 Å². The van der Waals surface area contributed by atoms with Gasteiger partial charge < -0.3 is 14.2 Å². The molecule has 0 aliphatic heterocycles. The summed E-state index contributed by atoms with van der Waals surface area (Å²) < 4.78 is 16.1. The van der Waals surface area contributed by atoms with Gasteiger partial charge in [0.1, 0.15) is 17.2 Å². The van der Waals surface area contributed by atoms with Crippen molar-refractivity contribution >= 4 is 21.9 Å². The van der Waals surface area contributed by atoms with E-state index in [-0.39, 0.29) is 0 Å². The fraction of sp³-hybridized carbons (Fsp3) is 0.133. The van der Waals surface area contributed by atoms with E-state index in [1.807, 2.05) is 0 Å². The average Bonchev–Trinajstić information content (AvgIpc) is 2.48. The Morgan fingerprint density at radius 3 is 2.05 bits per heavy atom. The Labute approximate surface area is 125 Å². The largest absolute Gasteiger partial charge is 0.497 e. The van der Waals surface area contributed by atoms with Gasteiger partial charge in [0.15, 0.2) is 0 Å². The van der Waals surface area contributed by atoms with Crippen molar-refractivity contribution in [3.05, 3.63) is 52.5 Å². The third-order valence-electron chi connectivity index (χ3n) is 2.66. The van der Waals surface area contributed by atoms with Crippen LogP contribution in [0.25, 0.3) is 0 Å². The third kappa shape index (κ3) is 3.30. The predicted octanol–water partition coefficient (Wildman–Crippen LogP) is 3.69. The second-order valence-electron chi connectivity index (χ2n) is 3.91. The number of benzene rings is 2. The SMILES string of the molecule is COc1ccc(OC(=O)c2cc(OC)ccc2Br)cc1. The molecule has 0 amide bonds. The lowest BCUT2D eigenvalue weighted by Gasteiger charge is -2.08. The van der Waals surface area contributed by atoms with Crippen molar-refractivity contribution in [3.8, 4) is 17.2 Å². The van der Waals surface area contributed by atoms with E-state index < -0.39 is 5.97 Å². The first-order chi connectivity index (χ1) is 9.63. The molecule has 0 bridgehead atoms. The minimum absolute atomic E-state index is 0.403. The Morgan fingerprint density at radius 2 is 1.45 bits per heavy atom. The summed E-state index contributed by atoms with van der Waals surface area (Å²) in [5.41, 5.74) is 0.403. The van der Waals surface area contributed by atoms with Crippen LogP contribution in [-0.2, 0) is 0 Å². The van der Waals surface area contributed by atoms with Crippen molar-refractivity contribution in [1.29, 1.82) is 0 Å². The molecule has 2 aromatic rings. The van der Waals surface area contributed by atoms with Gasteiger partial charge in [-0.05, 0) is 58.4 Å². The van der Waals surface area contributed by atoms with Gasteiger partial charge >= 0.3 is 5.97 Å². The molecule has 0 heterocycles. The van der Waals surface area contributed by atoms with Crippen LogP contribution in [-0.4, -0.2) is 20.2 Å². The molecular formula is C15H13BrO4. The number of methoxy groups -OCH3 is 2. The van der Waals surface area contributed by atoms with Crippen LogP contribution >= 0.6 is 15.9 Å². The van der Waals surface area contributed by atoms with E-state index in [4.69, 9.17) is 14.2 Å². The van der Waals surface area contributed by atoms with Crippen molar-refractivity contribution in [1.82, 2.24) is 0 Å². The van der Waals surface area contributed by atoms with E-state index >= 15 is 0 Å². The first-order valence-corrected chi connectivity index (χ1v) is 6.63. The minimum atomic E-state index is -0.457. The van der Waals surface area contributed by atoms with Gasteiger partial charge in [0.2, 0.25) is 0 Å². The highest BCUT2D eigenvalue weighted by Crippen LogP contribution is 2.24. The summed E-state index contributed by atoms with van der Waals surface area (Å²) in [6.45, 7) is 0. The Morgan fingerprint density at radius 1 is 0.900 bits per heavy atom. The molecule has 0 N–H and O–H groups in total. The quantitative estimate of drug-likeness (QED) is 0.631. The summed E-state index contributed by atoms with van der Waals surface area (Å²) in [4.78, 5) is 12.1. The van der Waals surface area contributed by atoms with Gasteiger partial charge in [0.25, 0.3) is 0 Å². The molecule has 0 atom stereocenters. The topological polar surface area (TPSA) is 44.8 Å². The molecule has 0 saturated carbocycles. The lowest BCUT2D eigenvalue weighted by Crippen LogP contribution is -2.09. The zero-order chi connectivity index (χ0) is 14.5. The molecule has 5 heteroatoms. The van der Waals surface area contributed by atoms with Gasteiger partial charge in [-0.25, -0.2) is 4.79 Å². The highest BCUT2D eigenvalue weighted by Gasteiger charge is 2.14. The van der Waals surface area contributed by atoms with E-state index in [1.165, 1.54) is 0 Å². The van der Waals surface area contributed by atoms with E-state index in [1.54, 1.807) is 56.7 Å². The third-order valence-corrected chi connectivity index (χ3v) is 3.35. The van der Waals surface area contributed by atoms with Crippen LogP contribution in [0.3, 0.4) is 0 Å². The van der Waals surface area contributed by atoms with Gasteiger partial charge in [-0.15, -0.1) is 0 Å². The molecule has 0 fully saturated rings. The molecule has 0 radical (unpaired) electrons. The summed E-state index contributed by atoms with van der Waals surface area (Å²) in [5, 5.41) is 0. The van der Waals surface area contributed by atoms with Crippen LogP contribution in [0.2, 0.25) is 0 Å². The van der Waals surface area contributed by atoms with Crippen molar-refractivity contribution in [3.63, 3.8) is 0 Å². The van der Waals surface area contributed by atoms with E-state index in [9.17, 15) is 4.79 Å². The molecule has 0 spiro atoms. The number of esters is 1. The van der Waals surface area contributed by atoms with E-state index in [0.717, 1.165) is 0 Å². The molecule has 0 aromatic heterocycles. The summed E-state index contributed by atoms with van der Waals surface area (Å²) in [6, 6.07) is 11.9. The van der Waals surface area contributed by atoms with Crippen LogP contribution in [0.4, 0.5) is 0 Å². The van der Waals surface area contributed by atoms with Gasteiger partial charge in [0.05, 0.1) is 19.8 Å². The number of hydrogen-bond acceptors (Lipinski definition) is 4. The molecule has 0 aliphatic rings. The van der Waals surface area contributed by atoms with Crippen molar-refractivity contribution in [2.24, 2.45) is 0 Å². The zero-order valence-corrected chi connectivity index (χ0v) is 12.6. The molecule has 2 aromatic carbocycles. The molecule has 0 saturated heterocycles. The van der Waals surface area contributed by atoms with Crippen LogP contribution in [0.1, 0.15) is 10.4 Å². The van der Waals surface area contributed by atoms with Gasteiger partial charge in [0, 0.05) is 4.47 Å². The van der Waals surface area contributed by atoms with Gasteiger partial charge in [-0.2, -0.15) is 0 Å². The van der Waals surface area contributed by atoms with E-state index in [2.05, 4.69) is 15.9 Å². The van der Waals surface area contributed by atoms with Gasteiger partial charge in [-0.3, -0.25) is 0 Å². The minimum Gasteiger partial charge on any atom is -0.497 e. The van der Waals surface area contributed by atoms with Gasteiger partial charge in [-0.1, -0.05) is 0 Å². The number of carbonyl (C=O) groups excluding carboxylic acids is 1. The molecule has 4 nitrogen and oxygen atoms in total. The Hall–Kier alpha value is -2.01. The number of carbonyl (C=O) groups is 1. The Kier molecular flexibility index (Phi) is 4.63. The number of hydrogen-bond donors (Lipinski definition) is 0. The summed E-state index contributed by atoms with van der Waals surface area (Å²) in [6.07, 6.45) is 0. The fourth-order valence-corrected chi connectivity index (χ4v) is 2.00. The summed E-state index contributed by atoms with van der Waals surface area (Å²) >= 11 is 3.32. The zero-order valence-electron chi connectivity index (χ0n) is 11.1. The molecule has 2 rings (SSSR count). The maximum absolute atomic E-state index is 12.1. The van der Waals surface area contributed by atoms with E-state index in [0.29, 0.717) is 27.3 Å². The predicted molar refractivity (Wildman–Crippen MR) is 78.6 cm³/mol. The summed E-state index contributed by atoms with van der Waals surface area (Å²) in [5.74, 6) is 1.29.